The van der Waals surface area contributed by atoms with Crippen molar-refractivity contribution in [3.05, 3.63) is 83.7 Å². The predicted molar refractivity (Wildman–Crippen MR) is 79.3 cm³/mol. The molecule has 0 aliphatic carbocycles. The van der Waals surface area contributed by atoms with E-state index in [1.54, 1.807) is 18.2 Å². The Bertz CT molecular complexity index is 741. The van der Waals surface area contributed by atoms with E-state index in [0.717, 1.165) is 5.56 Å². The van der Waals surface area contributed by atoms with Crippen molar-refractivity contribution in [1.29, 1.82) is 0 Å². The van der Waals surface area contributed by atoms with Gasteiger partial charge in [-0.05, 0) is 28.5 Å². The largest absolute Gasteiger partial charge is 0.206 e. The molecule has 0 heterocycles. The van der Waals surface area contributed by atoms with Crippen LogP contribution in [-0.2, 0) is 0 Å². The normalized spacial score (nSPS) is 11.2. The average Bonchev–Trinajstić information content (AvgIpc) is 2.46. The predicted octanol–water partition coefficient (Wildman–Crippen LogP) is 5.15. The summed E-state index contributed by atoms with van der Waals surface area (Å²) in [7, 11) is 0. The van der Waals surface area contributed by atoms with Gasteiger partial charge >= 0.3 is 0 Å². The maximum Gasteiger partial charge on any atom is 0.130 e. The summed E-state index contributed by atoms with van der Waals surface area (Å²) in [6, 6.07) is 21.2. The molecule has 0 unspecified atom stereocenters. The van der Waals surface area contributed by atoms with Crippen LogP contribution in [0.25, 0.3) is 22.9 Å². The van der Waals surface area contributed by atoms with Crippen molar-refractivity contribution < 1.29 is 4.39 Å². The third kappa shape index (κ3) is 2.55. The molecule has 19 heavy (non-hydrogen) atoms. The van der Waals surface area contributed by atoms with Gasteiger partial charge in [0.1, 0.15) is 5.82 Å². The van der Waals surface area contributed by atoms with E-state index in [-0.39, 0.29) is 5.82 Å². The maximum absolute atomic E-state index is 13.5. The molecule has 0 aliphatic rings. The molecule has 0 aromatic heterocycles. The van der Waals surface area contributed by atoms with Gasteiger partial charge in [0, 0.05) is 5.56 Å². The first kappa shape index (κ1) is 11.7. The van der Waals surface area contributed by atoms with Gasteiger partial charge in [0.05, 0.1) is 0 Å². The van der Waals surface area contributed by atoms with Crippen LogP contribution in [0.2, 0.25) is 0 Å². The van der Waals surface area contributed by atoms with Crippen molar-refractivity contribution in [2.75, 3.05) is 0 Å². The number of rotatable bonds is 2. The summed E-state index contributed by atoms with van der Waals surface area (Å²) in [5.74, 6) is -0.195. The van der Waals surface area contributed by atoms with Crippen LogP contribution < -0.4 is 0 Å². The van der Waals surface area contributed by atoms with E-state index in [2.05, 4.69) is 24.3 Å². The molecule has 1 heteroatoms. The Hall–Kier alpha value is -2.41. The number of hydrogen-bond donors (Lipinski definition) is 0. The summed E-state index contributed by atoms with van der Waals surface area (Å²) in [6.07, 6.45) is 3.74. The molecule has 0 fully saturated rings. The van der Waals surface area contributed by atoms with Gasteiger partial charge in [-0.15, -0.1) is 0 Å². The molecule has 0 N–H and O–H groups in total. The molecule has 0 spiro atoms. The summed E-state index contributed by atoms with van der Waals surface area (Å²) in [5.41, 5.74) is 1.68. The first-order chi connectivity index (χ1) is 9.33. The lowest BCUT2D eigenvalue weighted by Gasteiger charge is -2.00. The van der Waals surface area contributed by atoms with Crippen LogP contribution in [0.15, 0.2) is 66.7 Å². The van der Waals surface area contributed by atoms with E-state index >= 15 is 0 Å². The smallest absolute Gasteiger partial charge is 0.130 e. The van der Waals surface area contributed by atoms with E-state index < -0.39 is 0 Å². The third-order valence-corrected chi connectivity index (χ3v) is 3.13. The minimum atomic E-state index is -0.195. The summed E-state index contributed by atoms with van der Waals surface area (Å²) < 4.78 is 13.5. The van der Waals surface area contributed by atoms with E-state index in [1.165, 1.54) is 16.8 Å². The molecule has 0 saturated heterocycles. The zero-order chi connectivity index (χ0) is 13.1. The first-order valence-electron chi connectivity index (χ1n) is 6.24. The van der Waals surface area contributed by atoms with Gasteiger partial charge in [-0.1, -0.05) is 66.7 Å². The Labute approximate surface area is 111 Å². The second kappa shape index (κ2) is 5.07. The molecule has 3 aromatic rings. The van der Waals surface area contributed by atoms with E-state index in [9.17, 15) is 4.39 Å². The Morgan fingerprint density at radius 3 is 2.26 bits per heavy atom. The minimum absolute atomic E-state index is 0.195. The fraction of sp³-hybridized carbons (Fsp3) is 0. The average molecular weight is 248 g/mol. The molecule has 3 aromatic carbocycles. The summed E-state index contributed by atoms with van der Waals surface area (Å²) in [6.45, 7) is 0. The van der Waals surface area contributed by atoms with Gasteiger partial charge in [0.15, 0.2) is 0 Å². The molecular formula is C18H13F. The molecule has 3 rings (SSSR count). The van der Waals surface area contributed by atoms with Crippen molar-refractivity contribution in [2.45, 2.75) is 0 Å². The van der Waals surface area contributed by atoms with E-state index in [0.29, 0.717) is 5.56 Å². The lowest BCUT2D eigenvalue weighted by atomic mass is 10.1. The zero-order valence-electron chi connectivity index (χ0n) is 10.4. The van der Waals surface area contributed by atoms with Crippen LogP contribution in [0.5, 0.6) is 0 Å². The molecule has 0 atom stereocenters. The Morgan fingerprint density at radius 1 is 0.684 bits per heavy atom. The Morgan fingerprint density at radius 2 is 1.42 bits per heavy atom. The van der Waals surface area contributed by atoms with Crippen LogP contribution in [0.4, 0.5) is 4.39 Å². The highest BCUT2D eigenvalue weighted by molar-refractivity contribution is 5.85. The molecule has 0 aliphatic heterocycles. The number of fused-ring (bicyclic) bond motifs is 1. The van der Waals surface area contributed by atoms with E-state index in [1.807, 2.05) is 30.3 Å². The monoisotopic (exact) mass is 248 g/mol. The van der Waals surface area contributed by atoms with Crippen molar-refractivity contribution in [1.82, 2.24) is 0 Å². The fourth-order valence-corrected chi connectivity index (χ4v) is 2.11. The topological polar surface area (TPSA) is 0 Å². The summed E-state index contributed by atoms with van der Waals surface area (Å²) >= 11 is 0. The minimum Gasteiger partial charge on any atom is -0.206 e. The molecule has 0 nitrogen and oxygen atoms in total. The molecular weight excluding hydrogens is 235 g/mol. The third-order valence-electron chi connectivity index (χ3n) is 3.13. The standard InChI is InChI=1S/C18H13F/c19-18-8-4-3-6-16(18)12-10-14-9-11-15-5-1-2-7-17(15)13-14/h1-13H. The lowest BCUT2D eigenvalue weighted by Crippen LogP contribution is -1.79. The molecule has 0 saturated carbocycles. The van der Waals surface area contributed by atoms with Gasteiger partial charge in [0.2, 0.25) is 0 Å². The number of halogens is 1. The van der Waals surface area contributed by atoms with Gasteiger partial charge < -0.3 is 0 Å². The maximum atomic E-state index is 13.5. The van der Waals surface area contributed by atoms with E-state index in [4.69, 9.17) is 0 Å². The summed E-state index contributed by atoms with van der Waals surface area (Å²) in [5, 5.41) is 2.41. The Kier molecular flexibility index (Phi) is 3.11. The highest BCUT2D eigenvalue weighted by Crippen LogP contribution is 2.18. The Balaban J connectivity index is 1.95. The second-order valence-electron chi connectivity index (χ2n) is 4.46. The quantitative estimate of drug-likeness (QED) is 0.550. The van der Waals surface area contributed by atoms with Gasteiger partial charge in [-0.3, -0.25) is 0 Å². The molecule has 0 radical (unpaired) electrons. The van der Waals surface area contributed by atoms with Crippen LogP contribution >= 0.6 is 0 Å². The zero-order valence-corrected chi connectivity index (χ0v) is 10.4. The highest BCUT2D eigenvalue weighted by atomic mass is 19.1. The molecule has 92 valence electrons. The lowest BCUT2D eigenvalue weighted by molar-refractivity contribution is 0.625. The van der Waals surface area contributed by atoms with Crippen molar-refractivity contribution >= 4 is 22.9 Å². The number of benzene rings is 3. The van der Waals surface area contributed by atoms with Gasteiger partial charge in [-0.2, -0.15) is 0 Å². The van der Waals surface area contributed by atoms with Crippen molar-refractivity contribution in [3.63, 3.8) is 0 Å². The van der Waals surface area contributed by atoms with Gasteiger partial charge in [0.25, 0.3) is 0 Å². The summed E-state index contributed by atoms with van der Waals surface area (Å²) in [4.78, 5) is 0. The van der Waals surface area contributed by atoms with Crippen LogP contribution in [0.1, 0.15) is 11.1 Å². The van der Waals surface area contributed by atoms with Gasteiger partial charge in [-0.25, -0.2) is 4.39 Å². The molecule has 0 amide bonds. The van der Waals surface area contributed by atoms with Crippen LogP contribution in [0, 0.1) is 5.82 Å². The SMILES string of the molecule is Fc1ccccc1C=Cc1ccc2ccccc2c1. The number of hydrogen-bond acceptors (Lipinski definition) is 0. The highest BCUT2D eigenvalue weighted by Gasteiger charge is 1.96. The fourth-order valence-electron chi connectivity index (χ4n) is 2.11. The first-order valence-corrected chi connectivity index (χ1v) is 6.24. The van der Waals surface area contributed by atoms with Crippen molar-refractivity contribution in [3.8, 4) is 0 Å². The van der Waals surface area contributed by atoms with Crippen LogP contribution in [0.3, 0.4) is 0 Å². The van der Waals surface area contributed by atoms with Crippen molar-refractivity contribution in [2.24, 2.45) is 0 Å². The second-order valence-corrected chi connectivity index (χ2v) is 4.46. The molecule has 0 bridgehead atoms. The van der Waals surface area contributed by atoms with Crippen LogP contribution in [-0.4, -0.2) is 0 Å².